The molecule has 0 fully saturated rings. The van der Waals surface area contributed by atoms with Crippen LogP contribution in [0, 0.1) is 0 Å². The zero-order chi connectivity index (χ0) is 13.8. The molecule has 2 rings (SSSR count). The topological polar surface area (TPSA) is 44.1 Å². The van der Waals surface area contributed by atoms with Gasteiger partial charge in [0.1, 0.15) is 0 Å². The summed E-state index contributed by atoms with van der Waals surface area (Å²) in [5.74, 6) is -0.202. The van der Waals surface area contributed by atoms with Crippen LogP contribution in [0.15, 0.2) is 24.5 Å². The summed E-state index contributed by atoms with van der Waals surface area (Å²) in [5.41, 5.74) is 2.97. The summed E-state index contributed by atoms with van der Waals surface area (Å²) in [6.45, 7) is 2.21. The Morgan fingerprint density at radius 2 is 2.32 bits per heavy atom. The monoisotopic (exact) mass is 280 g/mol. The number of ether oxygens (including phenoxy) is 1. The molecule has 2 aromatic rings. The number of hydrogen-bond acceptors (Lipinski definition) is 3. The number of aromatic nitrogens is 2. The van der Waals surface area contributed by atoms with E-state index >= 15 is 0 Å². The zero-order valence-corrected chi connectivity index (χ0v) is 11.9. The van der Waals surface area contributed by atoms with Crippen LogP contribution in [0.5, 0.6) is 0 Å². The van der Waals surface area contributed by atoms with Gasteiger partial charge in [-0.25, -0.2) is 4.98 Å². The Morgan fingerprint density at radius 1 is 1.53 bits per heavy atom. The number of alkyl halides is 1. The first-order valence-electron chi connectivity index (χ1n) is 6.32. The molecule has 0 aliphatic rings. The van der Waals surface area contributed by atoms with Crippen molar-refractivity contribution in [1.29, 1.82) is 0 Å². The van der Waals surface area contributed by atoms with Gasteiger partial charge in [-0.05, 0) is 31.0 Å². The van der Waals surface area contributed by atoms with Crippen molar-refractivity contribution in [3.8, 4) is 0 Å². The molecule has 0 radical (unpaired) electrons. The quantitative estimate of drug-likeness (QED) is 0.624. The third-order valence-electron chi connectivity index (χ3n) is 3.02. The van der Waals surface area contributed by atoms with Crippen LogP contribution >= 0.6 is 11.6 Å². The molecule has 0 saturated heterocycles. The highest BCUT2D eigenvalue weighted by Crippen LogP contribution is 2.28. The lowest BCUT2D eigenvalue weighted by molar-refractivity contribution is -0.143. The molecular weight excluding hydrogens is 264 g/mol. The van der Waals surface area contributed by atoms with Crippen LogP contribution < -0.4 is 0 Å². The molecule has 0 bridgehead atoms. The van der Waals surface area contributed by atoms with Gasteiger partial charge in [0, 0.05) is 13.5 Å². The lowest BCUT2D eigenvalue weighted by atomic mass is 10.1. The summed E-state index contributed by atoms with van der Waals surface area (Å²) in [6.07, 6.45) is 2.68. The van der Waals surface area contributed by atoms with Crippen LogP contribution in [0.1, 0.15) is 30.7 Å². The molecule has 0 spiro atoms. The molecule has 1 aromatic heterocycles. The molecule has 1 aromatic carbocycles. The summed E-state index contributed by atoms with van der Waals surface area (Å²) in [4.78, 5) is 15.6. The summed E-state index contributed by atoms with van der Waals surface area (Å²) in [6, 6.07) is 5.95. The van der Waals surface area contributed by atoms with Crippen molar-refractivity contribution in [3.63, 3.8) is 0 Å². The van der Waals surface area contributed by atoms with Crippen LogP contribution in [-0.2, 0) is 16.6 Å². The maximum Gasteiger partial charge on any atom is 0.305 e. The predicted octanol–water partition coefficient (Wildman–Crippen LogP) is 3.20. The van der Waals surface area contributed by atoms with Crippen LogP contribution in [0.3, 0.4) is 0 Å². The van der Waals surface area contributed by atoms with Gasteiger partial charge in [-0.15, -0.1) is 11.6 Å². The van der Waals surface area contributed by atoms with E-state index in [4.69, 9.17) is 16.3 Å². The summed E-state index contributed by atoms with van der Waals surface area (Å²) in [7, 11) is 1.95. The molecule has 0 amide bonds. The number of imidazole rings is 1. The average molecular weight is 281 g/mol. The summed E-state index contributed by atoms with van der Waals surface area (Å²) in [5, 5.41) is -0.198. The van der Waals surface area contributed by atoms with Crippen molar-refractivity contribution in [3.05, 3.63) is 30.1 Å². The van der Waals surface area contributed by atoms with Gasteiger partial charge in [0.15, 0.2) is 0 Å². The summed E-state index contributed by atoms with van der Waals surface area (Å²) >= 11 is 6.32. The second kappa shape index (κ2) is 6.06. The Hall–Kier alpha value is -1.55. The van der Waals surface area contributed by atoms with Crippen molar-refractivity contribution in [2.24, 2.45) is 7.05 Å². The van der Waals surface area contributed by atoms with Gasteiger partial charge in [-0.2, -0.15) is 0 Å². The maximum atomic E-state index is 11.3. The zero-order valence-electron chi connectivity index (χ0n) is 11.1. The van der Waals surface area contributed by atoms with Crippen LogP contribution in [0.25, 0.3) is 11.0 Å². The number of fused-ring (bicyclic) bond motifs is 1. The van der Waals surface area contributed by atoms with Gasteiger partial charge in [0.05, 0.1) is 29.3 Å². The maximum absolute atomic E-state index is 11.3. The Kier molecular flexibility index (Phi) is 4.43. The molecule has 0 N–H and O–H groups in total. The van der Waals surface area contributed by atoms with Crippen molar-refractivity contribution < 1.29 is 9.53 Å². The lowest BCUT2D eigenvalue weighted by Gasteiger charge is -2.09. The van der Waals surface area contributed by atoms with E-state index in [0.29, 0.717) is 19.4 Å². The standard InChI is InChI=1S/C14H17ClN2O2/c1-3-19-14(18)7-5-11(15)10-4-6-13-12(8-10)16-9-17(13)2/h4,6,8-9,11H,3,5,7H2,1-2H3. The van der Waals surface area contributed by atoms with Crippen molar-refractivity contribution in [2.45, 2.75) is 25.1 Å². The molecule has 5 heteroatoms. The van der Waals surface area contributed by atoms with Crippen molar-refractivity contribution in [2.75, 3.05) is 6.61 Å². The first-order valence-corrected chi connectivity index (χ1v) is 6.76. The number of esters is 1. The smallest absolute Gasteiger partial charge is 0.305 e. The third kappa shape index (κ3) is 3.26. The Morgan fingerprint density at radius 3 is 3.05 bits per heavy atom. The molecule has 4 nitrogen and oxygen atoms in total. The van der Waals surface area contributed by atoms with E-state index in [1.54, 1.807) is 13.3 Å². The largest absolute Gasteiger partial charge is 0.466 e. The fourth-order valence-corrected chi connectivity index (χ4v) is 2.24. The minimum absolute atomic E-state index is 0.198. The van der Waals surface area contributed by atoms with Gasteiger partial charge in [-0.1, -0.05) is 6.07 Å². The van der Waals surface area contributed by atoms with Crippen molar-refractivity contribution >= 4 is 28.6 Å². The Bertz CT molecular complexity index is 580. The van der Waals surface area contributed by atoms with E-state index in [9.17, 15) is 4.79 Å². The molecular formula is C14H17ClN2O2. The van der Waals surface area contributed by atoms with Crippen molar-refractivity contribution in [1.82, 2.24) is 9.55 Å². The molecule has 102 valence electrons. The number of halogens is 1. The highest BCUT2D eigenvalue weighted by atomic mass is 35.5. The molecule has 0 aliphatic heterocycles. The van der Waals surface area contributed by atoms with Gasteiger partial charge in [-0.3, -0.25) is 4.79 Å². The fraction of sp³-hybridized carbons (Fsp3) is 0.429. The van der Waals surface area contributed by atoms with E-state index < -0.39 is 0 Å². The fourth-order valence-electron chi connectivity index (χ4n) is 1.99. The Balaban J connectivity index is 2.04. The minimum atomic E-state index is -0.202. The van der Waals surface area contributed by atoms with E-state index in [-0.39, 0.29) is 11.3 Å². The van der Waals surface area contributed by atoms with Crippen LogP contribution in [0.4, 0.5) is 0 Å². The first kappa shape index (κ1) is 13.9. The second-order valence-electron chi connectivity index (χ2n) is 4.41. The predicted molar refractivity (Wildman–Crippen MR) is 75.2 cm³/mol. The molecule has 1 heterocycles. The molecule has 1 atom stereocenters. The number of carbonyl (C=O) groups is 1. The molecule has 19 heavy (non-hydrogen) atoms. The number of aryl methyl sites for hydroxylation is 1. The molecule has 1 unspecified atom stereocenters. The number of benzene rings is 1. The molecule has 0 aliphatic carbocycles. The highest BCUT2D eigenvalue weighted by molar-refractivity contribution is 6.21. The number of rotatable bonds is 5. The normalized spacial score (nSPS) is 12.6. The SMILES string of the molecule is CCOC(=O)CCC(Cl)c1ccc2c(c1)ncn2C. The van der Waals surface area contributed by atoms with Gasteiger partial charge in [0.2, 0.25) is 0 Å². The van der Waals surface area contributed by atoms with E-state index in [0.717, 1.165) is 16.6 Å². The minimum Gasteiger partial charge on any atom is -0.466 e. The second-order valence-corrected chi connectivity index (χ2v) is 4.94. The number of hydrogen-bond donors (Lipinski definition) is 0. The summed E-state index contributed by atoms with van der Waals surface area (Å²) < 4.78 is 6.85. The number of nitrogens with zero attached hydrogens (tertiary/aromatic N) is 2. The molecule has 0 saturated carbocycles. The first-order chi connectivity index (χ1) is 9.11. The lowest BCUT2D eigenvalue weighted by Crippen LogP contribution is -2.05. The van der Waals surface area contributed by atoms with Crippen LogP contribution in [-0.4, -0.2) is 22.1 Å². The third-order valence-corrected chi connectivity index (χ3v) is 3.49. The van der Waals surface area contributed by atoms with E-state index in [1.807, 2.05) is 29.8 Å². The highest BCUT2D eigenvalue weighted by Gasteiger charge is 2.12. The van der Waals surface area contributed by atoms with E-state index in [1.165, 1.54) is 0 Å². The average Bonchev–Trinajstić information content (AvgIpc) is 2.77. The van der Waals surface area contributed by atoms with Gasteiger partial charge >= 0.3 is 5.97 Å². The Labute approximate surface area is 117 Å². The van der Waals surface area contributed by atoms with Gasteiger partial charge in [0.25, 0.3) is 0 Å². The van der Waals surface area contributed by atoms with Gasteiger partial charge < -0.3 is 9.30 Å². The van der Waals surface area contributed by atoms with E-state index in [2.05, 4.69) is 4.98 Å². The van der Waals surface area contributed by atoms with Crippen LogP contribution in [0.2, 0.25) is 0 Å². The number of carbonyl (C=O) groups excluding carboxylic acids is 1.